The predicted molar refractivity (Wildman–Crippen MR) is 89.2 cm³/mol. The molecule has 0 aliphatic heterocycles. The Labute approximate surface area is 127 Å². The van der Waals surface area contributed by atoms with Crippen LogP contribution in [0.25, 0.3) is 0 Å². The first-order valence-corrected chi connectivity index (χ1v) is 8.96. The Morgan fingerprint density at radius 1 is 0.800 bits per heavy atom. The van der Waals surface area contributed by atoms with Crippen molar-refractivity contribution in [2.75, 3.05) is 7.05 Å². The molecule has 0 amide bonds. The number of carbonyl (C=O) groups is 1. The molecule has 0 aromatic heterocycles. The second-order valence-electron chi connectivity index (χ2n) is 6.00. The summed E-state index contributed by atoms with van der Waals surface area (Å²) in [6, 6.07) is 0.0816. The molecule has 20 heavy (non-hydrogen) atoms. The maximum Gasteiger partial charge on any atom is 0.149 e. The van der Waals surface area contributed by atoms with Gasteiger partial charge in [0.25, 0.3) is 0 Å². The Bertz CT molecular complexity index is 211. The van der Waals surface area contributed by atoms with E-state index >= 15 is 0 Å². The summed E-state index contributed by atoms with van der Waals surface area (Å²) in [6.07, 6.45) is 16.4. The van der Waals surface area contributed by atoms with Gasteiger partial charge in [-0.1, -0.05) is 78.1 Å². The number of unbranched alkanes of at least 4 members (excludes halogenated alkanes) is 10. The molecule has 2 heteroatoms. The Balaban J connectivity index is 3.22. The highest BCUT2D eigenvalue weighted by Gasteiger charge is 2.12. The quantitative estimate of drug-likeness (QED) is 0.416. The summed E-state index contributed by atoms with van der Waals surface area (Å²) in [5, 5.41) is 3.09. The van der Waals surface area contributed by atoms with Crippen molar-refractivity contribution < 1.29 is 4.79 Å². The van der Waals surface area contributed by atoms with E-state index in [2.05, 4.69) is 19.2 Å². The van der Waals surface area contributed by atoms with Crippen molar-refractivity contribution in [3.63, 3.8) is 0 Å². The minimum atomic E-state index is 0.0816. The fourth-order valence-corrected chi connectivity index (χ4v) is 2.73. The number of hydrogen-bond donors (Lipinski definition) is 1. The molecule has 0 aromatic carbocycles. The Kier molecular flexibility index (Phi) is 14.7. The normalized spacial score (nSPS) is 12.6. The van der Waals surface area contributed by atoms with Gasteiger partial charge in [-0.05, 0) is 19.9 Å². The van der Waals surface area contributed by atoms with E-state index in [9.17, 15) is 4.79 Å². The average Bonchev–Trinajstić information content (AvgIpc) is 2.46. The second kappa shape index (κ2) is 15.0. The van der Waals surface area contributed by atoms with Gasteiger partial charge in [-0.3, -0.25) is 4.79 Å². The van der Waals surface area contributed by atoms with Gasteiger partial charge in [0.15, 0.2) is 0 Å². The summed E-state index contributed by atoms with van der Waals surface area (Å²) >= 11 is 0. The van der Waals surface area contributed by atoms with E-state index < -0.39 is 0 Å². The van der Waals surface area contributed by atoms with Crippen LogP contribution in [0, 0.1) is 0 Å². The summed E-state index contributed by atoms with van der Waals surface area (Å²) < 4.78 is 0. The standard InChI is InChI=1S/C18H37NO/c1-4-6-7-8-9-10-11-12-13-14-15-16-18(20)17(5-2)19-3/h17,19H,4-16H2,1-3H3. The number of carbonyl (C=O) groups excluding carboxylic acids is 1. The number of hydrogen-bond acceptors (Lipinski definition) is 2. The summed E-state index contributed by atoms with van der Waals surface area (Å²) in [5.74, 6) is 0.394. The van der Waals surface area contributed by atoms with Gasteiger partial charge in [-0.15, -0.1) is 0 Å². The van der Waals surface area contributed by atoms with Gasteiger partial charge >= 0.3 is 0 Å². The summed E-state index contributed by atoms with van der Waals surface area (Å²) in [7, 11) is 1.88. The molecule has 1 N–H and O–H groups in total. The first kappa shape index (κ1) is 19.6. The fourth-order valence-electron chi connectivity index (χ4n) is 2.73. The van der Waals surface area contributed by atoms with Gasteiger partial charge in [0.1, 0.15) is 5.78 Å². The minimum absolute atomic E-state index is 0.0816. The second-order valence-corrected chi connectivity index (χ2v) is 6.00. The maximum atomic E-state index is 11.8. The van der Waals surface area contributed by atoms with Crippen molar-refractivity contribution in [3.8, 4) is 0 Å². The molecular weight excluding hydrogens is 246 g/mol. The molecule has 0 aliphatic rings. The zero-order valence-electron chi connectivity index (χ0n) is 14.2. The molecular formula is C18H37NO. The van der Waals surface area contributed by atoms with Crippen LogP contribution in [0.4, 0.5) is 0 Å². The van der Waals surface area contributed by atoms with Crippen molar-refractivity contribution in [2.24, 2.45) is 0 Å². The van der Waals surface area contributed by atoms with E-state index in [-0.39, 0.29) is 6.04 Å². The lowest BCUT2D eigenvalue weighted by Crippen LogP contribution is -2.33. The molecule has 120 valence electrons. The zero-order valence-corrected chi connectivity index (χ0v) is 14.2. The van der Waals surface area contributed by atoms with Crippen LogP contribution in [0.5, 0.6) is 0 Å². The van der Waals surface area contributed by atoms with Crippen LogP contribution in [-0.4, -0.2) is 18.9 Å². The van der Waals surface area contributed by atoms with E-state index in [1.165, 1.54) is 64.2 Å². The lowest BCUT2D eigenvalue weighted by Gasteiger charge is -2.11. The first-order valence-electron chi connectivity index (χ1n) is 8.96. The smallest absolute Gasteiger partial charge is 0.149 e. The number of Topliss-reactive ketones (excluding diaryl/α,β-unsaturated/α-hetero) is 1. The molecule has 0 rings (SSSR count). The van der Waals surface area contributed by atoms with Crippen LogP contribution >= 0.6 is 0 Å². The number of likely N-dealkylation sites (N-methyl/N-ethyl adjacent to an activating group) is 1. The van der Waals surface area contributed by atoms with E-state index in [0.29, 0.717) is 5.78 Å². The highest BCUT2D eigenvalue weighted by atomic mass is 16.1. The Hall–Kier alpha value is -0.370. The molecule has 0 fully saturated rings. The first-order chi connectivity index (χ1) is 9.76. The summed E-state index contributed by atoms with van der Waals surface area (Å²) in [6.45, 7) is 4.34. The average molecular weight is 283 g/mol. The van der Waals surface area contributed by atoms with Crippen LogP contribution in [0.1, 0.15) is 97.3 Å². The van der Waals surface area contributed by atoms with E-state index in [4.69, 9.17) is 0 Å². The molecule has 0 heterocycles. The molecule has 0 aromatic rings. The summed E-state index contributed by atoms with van der Waals surface area (Å²) in [5.41, 5.74) is 0. The SMILES string of the molecule is CCCCCCCCCCCCCC(=O)C(CC)NC. The highest BCUT2D eigenvalue weighted by Crippen LogP contribution is 2.12. The molecule has 0 spiro atoms. The van der Waals surface area contributed by atoms with E-state index in [0.717, 1.165) is 19.3 Å². The Morgan fingerprint density at radius 2 is 1.25 bits per heavy atom. The van der Waals surface area contributed by atoms with Crippen molar-refractivity contribution in [1.82, 2.24) is 5.32 Å². The molecule has 1 atom stereocenters. The Morgan fingerprint density at radius 3 is 1.65 bits per heavy atom. The van der Waals surface area contributed by atoms with Gasteiger partial charge < -0.3 is 5.32 Å². The van der Waals surface area contributed by atoms with Gasteiger partial charge in [-0.2, -0.15) is 0 Å². The lowest BCUT2D eigenvalue weighted by molar-refractivity contribution is -0.121. The fraction of sp³-hybridized carbons (Fsp3) is 0.944. The van der Waals surface area contributed by atoms with E-state index in [1.807, 2.05) is 7.05 Å². The number of rotatable bonds is 15. The molecule has 2 nitrogen and oxygen atoms in total. The number of ketones is 1. The maximum absolute atomic E-state index is 11.8. The van der Waals surface area contributed by atoms with Crippen molar-refractivity contribution >= 4 is 5.78 Å². The third-order valence-corrected chi connectivity index (χ3v) is 4.17. The van der Waals surface area contributed by atoms with Gasteiger partial charge in [0, 0.05) is 6.42 Å². The summed E-state index contributed by atoms with van der Waals surface area (Å²) in [4.78, 5) is 11.8. The van der Waals surface area contributed by atoms with Crippen LogP contribution in [0.3, 0.4) is 0 Å². The third kappa shape index (κ3) is 11.5. The molecule has 0 saturated carbocycles. The van der Waals surface area contributed by atoms with Gasteiger partial charge in [-0.25, -0.2) is 0 Å². The highest BCUT2D eigenvalue weighted by molar-refractivity contribution is 5.83. The zero-order chi connectivity index (χ0) is 15.1. The van der Waals surface area contributed by atoms with Gasteiger partial charge in [0.2, 0.25) is 0 Å². The van der Waals surface area contributed by atoms with Crippen LogP contribution in [-0.2, 0) is 4.79 Å². The molecule has 0 saturated heterocycles. The van der Waals surface area contributed by atoms with Crippen molar-refractivity contribution in [2.45, 2.75) is 103 Å². The minimum Gasteiger partial charge on any atom is -0.311 e. The molecule has 0 aliphatic carbocycles. The van der Waals surface area contributed by atoms with Crippen LogP contribution < -0.4 is 5.32 Å². The largest absolute Gasteiger partial charge is 0.311 e. The molecule has 0 radical (unpaired) electrons. The van der Waals surface area contributed by atoms with Crippen LogP contribution in [0.2, 0.25) is 0 Å². The molecule has 1 unspecified atom stereocenters. The number of nitrogens with one attached hydrogen (secondary N) is 1. The monoisotopic (exact) mass is 283 g/mol. The molecule has 0 bridgehead atoms. The van der Waals surface area contributed by atoms with Crippen LogP contribution in [0.15, 0.2) is 0 Å². The third-order valence-electron chi connectivity index (χ3n) is 4.17. The van der Waals surface area contributed by atoms with Gasteiger partial charge in [0.05, 0.1) is 6.04 Å². The van der Waals surface area contributed by atoms with E-state index in [1.54, 1.807) is 0 Å². The van der Waals surface area contributed by atoms with Crippen molar-refractivity contribution in [3.05, 3.63) is 0 Å². The topological polar surface area (TPSA) is 29.1 Å². The predicted octanol–water partition coefficient (Wildman–Crippen LogP) is 5.25. The lowest BCUT2D eigenvalue weighted by atomic mass is 10.0. The van der Waals surface area contributed by atoms with Crippen molar-refractivity contribution in [1.29, 1.82) is 0 Å².